The smallest absolute Gasteiger partial charge is 0.251 e. The van der Waals surface area contributed by atoms with Gasteiger partial charge in [0.05, 0.1) is 0 Å². The van der Waals surface area contributed by atoms with E-state index in [1.54, 1.807) is 0 Å². The van der Waals surface area contributed by atoms with Gasteiger partial charge in [0.25, 0.3) is 5.91 Å². The van der Waals surface area contributed by atoms with Crippen LogP contribution in [0.2, 0.25) is 0 Å². The minimum atomic E-state index is -0.394. The molecular weight excluding hydrogens is 198 g/mol. The van der Waals surface area contributed by atoms with Crippen molar-refractivity contribution < 1.29 is 20.1 Å². The third-order valence-electron chi connectivity index (χ3n) is 1.79. The molecule has 0 fully saturated rings. The molecule has 0 radical (unpaired) electrons. The van der Waals surface area contributed by atoms with Crippen molar-refractivity contribution in [1.82, 2.24) is 5.32 Å². The highest BCUT2D eigenvalue weighted by Gasteiger charge is 2.07. The summed E-state index contributed by atoms with van der Waals surface area (Å²) in [4.78, 5) is 11.4. The van der Waals surface area contributed by atoms with E-state index in [1.165, 1.54) is 12.1 Å². The van der Waals surface area contributed by atoms with Gasteiger partial charge in [0.1, 0.15) is 11.5 Å². The Morgan fingerprint density at radius 3 is 2.33 bits per heavy atom. The molecule has 0 aliphatic carbocycles. The van der Waals surface area contributed by atoms with Crippen LogP contribution in [0.15, 0.2) is 18.2 Å². The van der Waals surface area contributed by atoms with Crippen molar-refractivity contribution in [2.45, 2.75) is 6.42 Å². The first kappa shape index (κ1) is 11.3. The van der Waals surface area contributed by atoms with E-state index in [-0.39, 0.29) is 23.7 Å². The second kappa shape index (κ2) is 5.21. The van der Waals surface area contributed by atoms with E-state index < -0.39 is 5.91 Å². The lowest BCUT2D eigenvalue weighted by atomic mass is 10.2. The topological polar surface area (TPSA) is 89.8 Å². The number of aliphatic hydroxyl groups is 1. The van der Waals surface area contributed by atoms with Gasteiger partial charge < -0.3 is 20.6 Å². The van der Waals surface area contributed by atoms with Gasteiger partial charge in [-0.3, -0.25) is 4.79 Å². The van der Waals surface area contributed by atoms with Gasteiger partial charge in [-0.15, -0.1) is 0 Å². The van der Waals surface area contributed by atoms with Gasteiger partial charge >= 0.3 is 0 Å². The molecule has 0 aliphatic rings. The Labute approximate surface area is 87.0 Å². The molecule has 0 saturated heterocycles. The Bertz CT molecular complexity index is 331. The minimum absolute atomic E-state index is 0.00553. The molecule has 0 aliphatic heterocycles. The van der Waals surface area contributed by atoms with Crippen LogP contribution in [0.4, 0.5) is 0 Å². The van der Waals surface area contributed by atoms with E-state index in [1.807, 2.05) is 0 Å². The summed E-state index contributed by atoms with van der Waals surface area (Å²) in [6.45, 7) is 0.358. The van der Waals surface area contributed by atoms with Gasteiger partial charge in [-0.05, 0) is 18.6 Å². The fourth-order valence-electron chi connectivity index (χ4n) is 1.11. The summed E-state index contributed by atoms with van der Waals surface area (Å²) in [7, 11) is 0. The van der Waals surface area contributed by atoms with Gasteiger partial charge in [-0.1, -0.05) is 0 Å². The standard InChI is InChI=1S/C10H13NO4/c12-3-1-2-11-10(15)7-4-8(13)6-9(14)5-7/h4-6,12-14H,1-3H2,(H,11,15). The first-order valence-electron chi connectivity index (χ1n) is 4.55. The summed E-state index contributed by atoms with van der Waals surface area (Å²) in [6, 6.07) is 3.66. The minimum Gasteiger partial charge on any atom is -0.508 e. The zero-order chi connectivity index (χ0) is 11.3. The number of aromatic hydroxyl groups is 2. The molecule has 1 amide bonds. The predicted molar refractivity (Wildman–Crippen MR) is 53.8 cm³/mol. The first-order chi connectivity index (χ1) is 7.13. The number of hydrogen-bond acceptors (Lipinski definition) is 4. The van der Waals surface area contributed by atoms with Gasteiger partial charge in [0.15, 0.2) is 0 Å². The van der Waals surface area contributed by atoms with Crippen molar-refractivity contribution in [3.63, 3.8) is 0 Å². The average Bonchev–Trinajstić information content (AvgIpc) is 2.16. The van der Waals surface area contributed by atoms with Crippen LogP contribution in [0.5, 0.6) is 11.5 Å². The molecule has 5 heteroatoms. The van der Waals surface area contributed by atoms with Crippen LogP contribution in [0.25, 0.3) is 0 Å². The molecule has 5 nitrogen and oxygen atoms in total. The lowest BCUT2D eigenvalue weighted by Gasteiger charge is -2.05. The van der Waals surface area contributed by atoms with E-state index in [2.05, 4.69) is 5.32 Å². The molecule has 0 atom stereocenters. The SMILES string of the molecule is O=C(NCCCO)c1cc(O)cc(O)c1. The van der Waals surface area contributed by atoms with E-state index in [4.69, 9.17) is 15.3 Å². The average molecular weight is 211 g/mol. The second-order valence-electron chi connectivity index (χ2n) is 3.07. The molecule has 0 spiro atoms. The molecule has 0 saturated carbocycles. The fourth-order valence-corrected chi connectivity index (χ4v) is 1.11. The zero-order valence-electron chi connectivity index (χ0n) is 8.10. The van der Waals surface area contributed by atoms with Crippen LogP contribution < -0.4 is 5.32 Å². The summed E-state index contributed by atoms with van der Waals surface area (Å²) in [5, 5.41) is 29.3. The van der Waals surface area contributed by atoms with E-state index in [0.717, 1.165) is 6.07 Å². The predicted octanol–water partition coefficient (Wildman–Crippen LogP) is 0.210. The highest BCUT2D eigenvalue weighted by molar-refractivity contribution is 5.94. The number of phenolic OH excluding ortho intramolecular Hbond substituents is 2. The molecule has 15 heavy (non-hydrogen) atoms. The molecule has 1 aromatic rings. The van der Waals surface area contributed by atoms with Crippen LogP contribution in [0.3, 0.4) is 0 Å². The number of benzene rings is 1. The number of aliphatic hydroxyl groups excluding tert-OH is 1. The Morgan fingerprint density at radius 1 is 1.20 bits per heavy atom. The second-order valence-corrected chi connectivity index (χ2v) is 3.07. The number of rotatable bonds is 4. The molecule has 1 rings (SSSR count). The largest absolute Gasteiger partial charge is 0.508 e. The fraction of sp³-hybridized carbons (Fsp3) is 0.300. The van der Waals surface area contributed by atoms with Crippen molar-refractivity contribution in [3.05, 3.63) is 23.8 Å². The molecule has 1 aromatic carbocycles. The summed E-state index contributed by atoms with van der Waals surface area (Å²) < 4.78 is 0. The monoisotopic (exact) mass is 211 g/mol. The normalized spacial score (nSPS) is 9.93. The molecule has 0 unspecified atom stereocenters. The number of carbonyl (C=O) groups is 1. The third-order valence-corrected chi connectivity index (χ3v) is 1.79. The molecule has 0 heterocycles. The Morgan fingerprint density at radius 2 is 1.80 bits per heavy atom. The van der Waals surface area contributed by atoms with Crippen molar-refractivity contribution in [2.75, 3.05) is 13.2 Å². The lowest BCUT2D eigenvalue weighted by Crippen LogP contribution is -2.24. The lowest BCUT2D eigenvalue weighted by molar-refractivity contribution is 0.0950. The molecule has 82 valence electrons. The van der Waals surface area contributed by atoms with Gasteiger partial charge in [-0.25, -0.2) is 0 Å². The summed E-state index contributed by atoms with van der Waals surface area (Å²) >= 11 is 0. The number of hydrogen-bond donors (Lipinski definition) is 4. The van der Waals surface area contributed by atoms with Crippen LogP contribution >= 0.6 is 0 Å². The maximum atomic E-state index is 11.4. The summed E-state index contributed by atoms with van der Waals surface area (Å²) in [5.74, 6) is -0.723. The number of carbonyl (C=O) groups excluding carboxylic acids is 1. The van der Waals surface area contributed by atoms with Crippen LogP contribution in [0.1, 0.15) is 16.8 Å². The van der Waals surface area contributed by atoms with Gasteiger partial charge in [-0.2, -0.15) is 0 Å². The summed E-state index contributed by atoms with van der Waals surface area (Å²) in [6.07, 6.45) is 0.469. The van der Waals surface area contributed by atoms with E-state index in [0.29, 0.717) is 13.0 Å². The first-order valence-corrected chi connectivity index (χ1v) is 4.55. The Hall–Kier alpha value is -1.75. The van der Waals surface area contributed by atoms with E-state index >= 15 is 0 Å². The highest BCUT2D eigenvalue weighted by Crippen LogP contribution is 2.20. The van der Waals surface area contributed by atoms with Crippen LogP contribution in [-0.2, 0) is 0 Å². The maximum absolute atomic E-state index is 11.4. The van der Waals surface area contributed by atoms with Gasteiger partial charge in [0, 0.05) is 24.8 Å². The molecule has 4 N–H and O–H groups in total. The number of phenols is 2. The Balaban J connectivity index is 2.65. The number of nitrogens with one attached hydrogen (secondary N) is 1. The molecular formula is C10H13NO4. The maximum Gasteiger partial charge on any atom is 0.251 e. The Kier molecular flexibility index (Phi) is 3.93. The van der Waals surface area contributed by atoms with Crippen molar-refractivity contribution >= 4 is 5.91 Å². The van der Waals surface area contributed by atoms with Crippen molar-refractivity contribution in [1.29, 1.82) is 0 Å². The quantitative estimate of drug-likeness (QED) is 0.536. The van der Waals surface area contributed by atoms with Crippen molar-refractivity contribution in [3.8, 4) is 11.5 Å². The van der Waals surface area contributed by atoms with E-state index in [9.17, 15) is 4.79 Å². The van der Waals surface area contributed by atoms with Crippen LogP contribution in [-0.4, -0.2) is 34.4 Å². The third kappa shape index (κ3) is 3.47. The molecule has 0 bridgehead atoms. The van der Waals surface area contributed by atoms with Crippen molar-refractivity contribution in [2.24, 2.45) is 0 Å². The molecule has 0 aromatic heterocycles. The van der Waals surface area contributed by atoms with Gasteiger partial charge in [0.2, 0.25) is 0 Å². The zero-order valence-corrected chi connectivity index (χ0v) is 8.10. The highest BCUT2D eigenvalue weighted by atomic mass is 16.3. The summed E-state index contributed by atoms with van der Waals surface area (Å²) in [5.41, 5.74) is 0.186. The number of amides is 1. The van der Waals surface area contributed by atoms with Crippen LogP contribution in [0, 0.1) is 0 Å².